The van der Waals surface area contributed by atoms with E-state index in [4.69, 9.17) is 12.9 Å². The molecule has 252 valence electrons. The van der Waals surface area contributed by atoms with E-state index in [2.05, 4.69) is 133 Å². The zero-order chi connectivity index (χ0) is 34.5. The van der Waals surface area contributed by atoms with Crippen LogP contribution >= 0.6 is 8.24 Å². The van der Waals surface area contributed by atoms with E-state index in [1.165, 1.54) is 27.8 Å². The molecule has 1 aromatic heterocycles. The summed E-state index contributed by atoms with van der Waals surface area (Å²) in [5.41, 5.74) is 9.50. The van der Waals surface area contributed by atoms with Crippen LogP contribution in [0.2, 0.25) is 0 Å². The SMILES string of the molecule is Cc1cc(C(C)CCOp2oc3c(C(C)C)cc(C(C)(C)C)cc3c3cc(C(C)C)cc(C(C)(C)C)c3o2)cc(C(C)(C)C)c1O. The number of benzene rings is 3. The molecule has 0 amide bonds. The van der Waals surface area contributed by atoms with Crippen molar-refractivity contribution in [2.75, 3.05) is 6.61 Å². The molecule has 4 nitrogen and oxygen atoms in total. The summed E-state index contributed by atoms with van der Waals surface area (Å²) >= 11 is 0. The largest absolute Gasteiger partial charge is 0.507 e. The summed E-state index contributed by atoms with van der Waals surface area (Å²) < 4.78 is 20.3. The lowest BCUT2D eigenvalue weighted by atomic mass is 9.81. The summed E-state index contributed by atoms with van der Waals surface area (Å²) in [6.07, 6.45) is 0.803. The molecule has 0 spiro atoms. The van der Waals surface area contributed by atoms with Gasteiger partial charge in [0.1, 0.15) is 16.9 Å². The van der Waals surface area contributed by atoms with Crippen molar-refractivity contribution >= 4 is 30.2 Å². The Kier molecular flexibility index (Phi) is 10.3. The van der Waals surface area contributed by atoms with Gasteiger partial charge in [0.25, 0.3) is 0 Å². The number of phenolic OH excluding ortho intramolecular Hbond substituents is 1. The zero-order valence-electron chi connectivity index (χ0n) is 31.2. The van der Waals surface area contributed by atoms with Crippen LogP contribution in [0.25, 0.3) is 21.9 Å². The van der Waals surface area contributed by atoms with Gasteiger partial charge in [-0.15, -0.1) is 0 Å². The van der Waals surface area contributed by atoms with Crippen LogP contribution in [0, 0.1) is 6.92 Å². The summed E-state index contributed by atoms with van der Waals surface area (Å²) in [4.78, 5) is 0. The maximum absolute atomic E-state index is 10.8. The lowest BCUT2D eigenvalue weighted by Crippen LogP contribution is -2.13. The fourth-order valence-corrected chi connectivity index (χ4v) is 7.11. The average molecular weight is 647 g/mol. The van der Waals surface area contributed by atoms with Gasteiger partial charge in [-0.05, 0) is 92.9 Å². The smallest absolute Gasteiger partial charge is 0.387 e. The lowest BCUT2D eigenvalue weighted by molar-refractivity contribution is 0.352. The van der Waals surface area contributed by atoms with Crippen LogP contribution in [-0.2, 0) is 16.2 Å². The van der Waals surface area contributed by atoms with Gasteiger partial charge in [-0.1, -0.05) is 121 Å². The maximum Gasteiger partial charge on any atom is 0.387 e. The highest BCUT2D eigenvalue weighted by atomic mass is 31.1. The molecule has 1 heterocycles. The summed E-state index contributed by atoms with van der Waals surface area (Å²) in [5.74, 6) is 1.27. The molecule has 2 atom stereocenters. The van der Waals surface area contributed by atoms with E-state index in [1.807, 2.05) is 6.92 Å². The molecule has 0 saturated carbocycles. The molecule has 5 heteroatoms. The zero-order valence-corrected chi connectivity index (χ0v) is 32.1. The Balaban J connectivity index is 1.91. The first-order chi connectivity index (χ1) is 21.1. The Morgan fingerprint density at radius 3 is 1.78 bits per heavy atom. The highest BCUT2D eigenvalue weighted by Crippen LogP contribution is 2.44. The second-order valence-corrected chi connectivity index (χ2v) is 18.2. The fourth-order valence-electron chi connectivity index (χ4n) is 6.01. The van der Waals surface area contributed by atoms with Gasteiger partial charge >= 0.3 is 8.24 Å². The highest BCUT2D eigenvalue weighted by Gasteiger charge is 2.26. The first-order valence-electron chi connectivity index (χ1n) is 17.1. The minimum atomic E-state index is -1.71. The highest BCUT2D eigenvalue weighted by molar-refractivity contribution is 7.31. The monoisotopic (exact) mass is 646 g/mol. The average Bonchev–Trinajstić information content (AvgIpc) is 3.07. The predicted molar refractivity (Wildman–Crippen MR) is 198 cm³/mol. The summed E-state index contributed by atoms with van der Waals surface area (Å²) in [5, 5.41) is 13.0. The van der Waals surface area contributed by atoms with E-state index in [9.17, 15) is 5.11 Å². The number of phenols is 1. The van der Waals surface area contributed by atoms with Crippen molar-refractivity contribution in [2.24, 2.45) is 0 Å². The van der Waals surface area contributed by atoms with Crippen molar-refractivity contribution in [3.8, 4) is 5.75 Å². The third-order valence-corrected chi connectivity index (χ3v) is 10.3. The van der Waals surface area contributed by atoms with Crippen LogP contribution in [0.15, 0.2) is 44.8 Å². The minimum absolute atomic E-state index is 0.0225. The van der Waals surface area contributed by atoms with E-state index in [0.29, 0.717) is 18.3 Å². The maximum atomic E-state index is 10.8. The molecular weight excluding hydrogens is 587 g/mol. The van der Waals surface area contributed by atoms with Gasteiger partial charge in [-0.25, -0.2) is 0 Å². The second-order valence-electron chi connectivity index (χ2n) is 17.1. The van der Waals surface area contributed by atoms with E-state index in [0.717, 1.165) is 39.5 Å². The standard InChI is InChI=1S/C41H59O4P/c1-24(2)28-19-32-33-23-30(39(7,8)9)22-31(25(3)4)37(33)44-46(45-38(32)35(20-28)41(13,14)15)43-17-16-26(5)29-18-27(6)36(42)34(21-29)40(10,11)12/h18-26,42H,16-17H2,1-15H3. The summed E-state index contributed by atoms with van der Waals surface area (Å²) in [6, 6.07) is 13.5. The quantitative estimate of drug-likeness (QED) is 0.217. The molecule has 46 heavy (non-hydrogen) atoms. The molecule has 0 radical (unpaired) electrons. The first kappa shape index (κ1) is 36.2. The Labute approximate surface area is 279 Å². The molecular formula is C41H59O4P. The lowest BCUT2D eigenvalue weighted by Gasteiger charge is -2.24. The molecule has 0 saturated heterocycles. The van der Waals surface area contributed by atoms with Crippen LogP contribution in [-0.4, -0.2) is 11.7 Å². The fraction of sp³-hybridized carbons (Fsp3) is 0.561. The van der Waals surface area contributed by atoms with Crippen molar-refractivity contribution in [3.63, 3.8) is 0 Å². The number of aryl methyl sites for hydroxylation is 1. The van der Waals surface area contributed by atoms with Crippen LogP contribution in [0.4, 0.5) is 0 Å². The van der Waals surface area contributed by atoms with Crippen molar-refractivity contribution in [1.82, 2.24) is 0 Å². The normalized spacial score (nSPS) is 14.2. The number of hydrogen-bond acceptors (Lipinski definition) is 4. The van der Waals surface area contributed by atoms with Gasteiger partial charge in [0, 0.05) is 16.3 Å². The summed E-state index contributed by atoms with van der Waals surface area (Å²) in [7, 11) is -1.71. The Bertz CT molecular complexity index is 1750. The number of hydrogen-bond donors (Lipinski definition) is 1. The van der Waals surface area contributed by atoms with Gasteiger partial charge < -0.3 is 13.5 Å². The summed E-state index contributed by atoms with van der Waals surface area (Å²) in [6.45, 7) is 33.7. The molecule has 4 aromatic rings. The first-order valence-corrected chi connectivity index (χ1v) is 18.2. The molecule has 1 N–H and O–H groups in total. The third-order valence-electron chi connectivity index (χ3n) is 9.26. The van der Waals surface area contributed by atoms with E-state index in [1.54, 1.807) is 0 Å². The van der Waals surface area contributed by atoms with E-state index >= 15 is 0 Å². The van der Waals surface area contributed by atoms with Crippen LogP contribution in [0.3, 0.4) is 0 Å². The molecule has 0 aliphatic carbocycles. The van der Waals surface area contributed by atoms with Gasteiger partial charge in [0.15, 0.2) is 0 Å². The number of fused-ring (bicyclic) bond motifs is 3. The van der Waals surface area contributed by atoms with Crippen molar-refractivity contribution in [2.45, 2.75) is 144 Å². The van der Waals surface area contributed by atoms with Crippen LogP contribution in [0.5, 0.6) is 5.75 Å². The predicted octanol–water partition coefficient (Wildman–Crippen LogP) is 13.1. The van der Waals surface area contributed by atoms with Gasteiger partial charge in [-0.2, -0.15) is 0 Å². The Morgan fingerprint density at radius 1 is 0.674 bits per heavy atom. The van der Waals surface area contributed by atoms with Gasteiger partial charge in [0.05, 0.1) is 6.61 Å². The molecule has 3 aromatic carbocycles. The molecule has 0 fully saturated rings. The molecule has 4 rings (SSSR count). The van der Waals surface area contributed by atoms with E-state index in [-0.39, 0.29) is 28.1 Å². The van der Waals surface area contributed by atoms with Crippen molar-refractivity contribution in [3.05, 3.63) is 75.3 Å². The number of rotatable bonds is 7. The topological polar surface area (TPSA) is 55.7 Å². The minimum Gasteiger partial charge on any atom is -0.507 e. The van der Waals surface area contributed by atoms with Crippen molar-refractivity contribution in [1.29, 1.82) is 0 Å². The van der Waals surface area contributed by atoms with Crippen LogP contribution in [0.1, 0.15) is 160 Å². The molecule has 0 bridgehead atoms. The Morgan fingerprint density at radius 2 is 1.24 bits per heavy atom. The van der Waals surface area contributed by atoms with Gasteiger partial charge in [-0.3, -0.25) is 4.52 Å². The molecule has 2 unspecified atom stereocenters. The van der Waals surface area contributed by atoms with Crippen molar-refractivity contribution < 1.29 is 18.0 Å². The van der Waals surface area contributed by atoms with E-state index < -0.39 is 8.24 Å². The van der Waals surface area contributed by atoms with Gasteiger partial charge in [0.2, 0.25) is 0 Å². The second kappa shape index (κ2) is 13.1. The van der Waals surface area contributed by atoms with Crippen LogP contribution < -0.4 is 4.52 Å². The molecule has 0 aliphatic rings. The molecule has 0 aliphatic heterocycles. The third kappa shape index (κ3) is 7.71. The Hall–Kier alpha value is -2.68. The number of aromatic hydroxyl groups is 1.